The monoisotopic (exact) mass is 726 g/mol. The molecule has 0 N–H and O–H groups in total. The molecule has 3 nitrogen and oxygen atoms in total. The van der Waals surface area contributed by atoms with E-state index < -0.39 is 18.2 Å². The fraction of sp³-hybridized carbons (Fsp3) is 0.387. The van der Waals surface area contributed by atoms with Gasteiger partial charge in [0.2, 0.25) is 0 Å². The van der Waals surface area contributed by atoms with Gasteiger partial charge >= 0.3 is 12.1 Å². The van der Waals surface area contributed by atoms with Crippen LogP contribution in [0.3, 0.4) is 0 Å². The van der Waals surface area contributed by atoms with Crippen LogP contribution in [0.25, 0.3) is 11.1 Å². The van der Waals surface area contributed by atoms with E-state index in [1.54, 1.807) is 42.5 Å². The van der Waals surface area contributed by atoms with Crippen LogP contribution >= 0.6 is 71.9 Å². The van der Waals surface area contributed by atoms with Crippen molar-refractivity contribution in [1.82, 2.24) is 0 Å². The Morgan fingerprint density at radius 3 is 1.77 bits per heavy atom. The highest BCUT2D eigenvalue weighted by molar-refractivity contribution is 6.92. The lowest BCUT2D eigenvalue weighted by atomic mass is 10.0. The van der Waals surface area contributed by atoms with Gasteiger partial charge in [-0.1, -0.05) is 93.6 Å². The van der Waals surface area contributed by atoms with Gasteiger partial charge in [0.15, 0.2) is 6.10 Å². The summed E-state index contributed by atoms with van der Waals surface area (Å²) in [6.45, 7) is 2.89. The number of carbonyl (C=O) groups is 1. The molecule has 0 spiro atoms. The molecule has 0 aliphatic carbocycles. The lowest BCUT2D eigenvalue weighted by Crippen LogP contribution is -2.34. The van der Waals surface area contributed by atoms with Crippen LogP contribution < -0.4 is 4.74 Å². The van der Waals surface area contributed by atoms with Crippen molar-refractivity contribution in [3.8, 4) is 16.9 Å². The molecule has 2 atom stereocenters. The van der Waals surface area contributed by atoms with Gasteiger partial charge in [-0.05, 0) is 60.2 Å². The Labute approximate surface area is 288 Å². The summed E-state index contributed by atoms with van der Waals surface area (Å²) in [6.07, 6.45) is 0.279. The van der Waals surface area contributed by atoms with E-state index in [4.69, 9.17) is 9.47 Å². The molecule has 43 heavy (non-hydrogen) atoms. The Balaban J connectivity index is -0.00000127. The van der Waals surface area contributed by atoms with E-state index in [0.29, 0.717) is 6.61 Å². The number of aryl methyl sites for hydroxylation is 1. The maximum absolute atomic E-state index is 13.5. The highest BCUT2D eigenvalue weighted by atomic mass is 35.5. The first-order valence-corrected chi connectivity index (χ1v) is 13.0. The Hall–Kier alpha value is -1.40. The van der Waals surface area contributed by atoms with Gasteiger partial charge in [-0.3, -0.25) is 0 Å². The first kappa shape index (κ1) is 48.5. The second-order valence-corrected chi connectivity index (χ2v) is 9.18. The summed E-state index contributed by atoms with van der Waals surface area (Å²) in [6, 6.07) is 22.9. The van der Waals surface area contributed by atoms with Crippen molar-refractivity contribution in [1.29, 1.82) is 0 Å². The van der Waals surface area contributed by atoms with E-state index in [1.807, 2.05) is 24.3 Å². The van der Waals surface area contributed by atoms with Crippen molar-refractivity contribution in [3.05, 3.63) is 90.0 Å². The molecule has 3 aromatic rings. The number of esters is 1. The van der Waals surface area contributed by atoms with E-state index in [-0.39, 0.29) is 90.3 Å². The Bertz CT molecular complexity index is 1090. The van der Waals surface area contributed by atoms with Gasteiger partial charge in [0.05, 0.1) is 12.2 Å². The fourth-order valence-corrected chi connectivity index (χ4v) is 4.04. The minimum atomic E-state index is -4.64. The molecule has 3 rings (SSSR count). The number of alkyl halides is 3. The molecule has 246 valence electrons. The number of hydrogen-bond acceptors (Lipinski definition) is 3. The number of hydrogen-bond donors (Lipinski definition) is 0. The van der Waals surface area contributed by atoms with Crippen molar-refractivity contribution in [2.75, 3.05) is 6.61 Å². The molecular formula is C31H43Cl5F3O3P. The third-order valence-corrected chi connectivity index (χ3v) is 6.23. The summed E-state index contributed by atoms with van der Waals surface area (Å²) in [5.74, 6) is -0.188. The van der Waals surface area contributed by atoms with Gasteiger partial charge in [-0.2, -0.15) is 23.1 Å². The summed E-state index contributed by atoms with van der Waals surface area (Å²) in [5, 5.41) is 0. The van der Waals surface area contributed by atoms with Gasteiger partial charge in [0.25, 0.3) is 0 Å². The normalized spacial score (nSPS) is 10.5. The molecule has 0 aliphatic heterocycles. The lowest BCUT2D eigenvalue weighted by molar-refractivity contribution is -0.205. The summed E-state index contributed by atoms with van der Waals surface area (Å²) in [5.41, 5.74) is 2.60. The van der Waals surface area contributed by atoms with Crippen LogP contribution in [0.15, 0.2) is 78.9 Å². The Kier molecular flexibility index (Phi) is 29.2. The second-order valence-electron chi connectivity index (χ2n) is 9.18. The highest BCUT2D eigenvalue weighted by Crippen LogP contribution is 2.28. The zero-order chi connectivity index (χ0) is 26.5. The SMILES string of the molecule is CCCCCCCCOc1ccc(-c2ccc(C(=O)O[C@@H](CCc3ccccc3)C(F)(F)F)cc2)cc1.Cl.Cl.Cl.Cl.Cl.P. The first-order chi connectivity index (χ1) is 17.9. The molecule has 0 aliphatic rings. The zero-order valence-corrected chi connectivity index (χ0v) is 29.6. The highest BCUT2D eigenvalue weighted by Gasteiger charge is 2.42. The predicted molar refractivity (Wildman–Crippen MR) is 188 cm³/mol. The van der Waals surface area contributed by atoms with Crippen LogP contribution in [0, 0.1) is 0 Å². The number of benzene rings is 3. The third kappa shape index (κ3) is 17.6. The van der Waals surface area contributed by atoms with Crippen molar-refractivity contribution >= 4 is 77.9 Å². The molecule has 0 aromatic heterocycles. The summed E-state index contributed by atoms with van der Waals surface area (Å²) >= 11 is 0. The molecule has 12 heteroatoms. The predicted octanol–water partition coefficient (Wildman–Crippen LogP) is 11.0. The van der Waals surface area contributed by atoms with Crippen LogP contribution in [0.1, 0.15) is 67.8 Å². The van der Waals surface area contributed by atoms with Gasteiger partial charge in [-0.25, -0.2) is 4.79 Å². The number of rotatable bonds is 14. The maximum atomic E-state index is 13.5. The number of ether oxygens (including phenoxy) is 2. The molecule has 0 saturated carbocycles. The number of halogens is 8. The smallest absolute Gasteiger partial charge is 0.425 e. The van der Waals surface area contributed by atoms with Crippen molar-refractivity contribution in [2.24, 2.45) is 0 Å². The molecule has 0 saturated heterocycles. The van der Waals surface area contributed by atoms with Crippen LogP contribution in [0.4, 0.5) is 13.2 Å². The fourth-order valence-electron chi connectivity index (χ4n) is 4.04. The average Bonchev–Trinajstić information content (AvgIpc) is 2.91. The summed E-state index contributed by atoms with van der Waals surface area (Å²) in [7, 11) is 0. The average molecular weight is 729 g/mol. The van der Waals surface area contributed by atoms with E-state index >= 15 is 0 Å². The standard InChI is InChI=1S/C31H35F3O3.5ClH.H3P/c1-2-3-4-5-6-10-23-36-28-20-18-26(19-21-28)25-14-16-27(17-15-25)30(35)37-29(31(32,33)34)22-13-24-11-8-7-9-12-24;;;;;;/h7-9,11-12,14-21,29H,2-6,10,13,22-23H2,1H3;5*1H;1H3/t29-;;;;;;/m0....../s1. The Morgan fingerprint density at radius 2 is 1.23 bits per heavy atom. The van der Waals surface area contributed by atoms with Gasteiger partial charge in [0.1, 0.15) is 5.75 Å². The van der Waals surface area contributed by atoms with Crippen LogP contribution in [-0.4, -0.2) is 24.9 Å². The van der Waals surface area contributed by atoms with Crippen LogP contribution in [0.5, 0.6) is 5.75 Å². The number of carbonyl (C=O) groups excluding carboxylic acids is 1. The largest absolute Gasteiger partial charge is 0.494 e. The van der Waals surface area contributed by atoms with E-state index in [2.05, 4.69) is 6.92 Å². The molecule has 0 radical (unpaired) electrons. The third-order valence-electron chi connectivity index (χ3n) is 6.23. The minimum Gasteiger partial charge on any atom is -0.494 e. The molecule has 3 aromatic carbocycles. The molecule has 0 fully saturated rings. The van der Waals surface area contributed by atoms with Gasteiger partial charge in [-0.15, -0.1) is 62.0 Å². The van der Waals surface area contributed by atoms with Crippen LogP contribution in [0.2, 0.25) is 0 Å². The number of unbranched alkanes of at least 4 members (excludes halogenated alkanes) is 5. The molecule has 0 bridgehead atoms. The van der Waals surface area contributed by atoms with E-state index in [0.717, 1.165) is 28.9 Å². The topological polar surface area (TPSA) is 35.5 Å². The molecule has 1 unspecified atom stereocenters. The Morgan fingerprint density at radius 1 is 0.721 bits per heavy atom. The van der Waals surface area contributed by atoms with Crippen molar-refractivity contribution in [3.63, 3.8) is 0 Å². The van der Waals surface area contributed by atoms with Crippen molar-refractivity contribution in [2.45, 2.75) is 70.6 Å². The van der Waals surface area contributed by atoms with Crippen molar-refractivity contribution < 1.29 is 27.4 Å². The van der Waals surface area contributed by atoms with E-state index in [9.17, 15) is 18.0 Å². The second kappa shape index (κ2) is 25.9. The summed E-state index contributed by atoms with van der Waals surface area (Å²) < 4.78 is 51.2. The quantitative estimate of drug-likeness (QED) is 0.0942. The molecule has 0 amide bonds. The van der Waals surface area contributed by atoms with E-state index in [1.165, 1.54) is 44.2 Å². The first-order valence-electron chi connectivity index (χ1n) is 13.0. The van der Waals surface area contributed by atoms with Gasteiger partial charge in [0, 0.05) is 0 Å². The minimum absolute atomic E-state index is 0. The van der Waals surface area contributed by atoms with Crippen LogP contribution in [-0.2, 0) is 11.2 Å². The molecular weight excluding hydrogens is 686 g/mol. The molecule has 0 heterocycles. The lowest BCUT2D eigenvalue weighted by Gasteiger charge is -2.21. The zero-order valence-electron chi connectivity index (χ0n) is 24.1. The summed E-state index contributed by atoms with van der Waals surface area (Å²) in [4.78, 5) is 12.5. The maximum Gasteiger partial charge on any atom is 0.425 e. The van der Waals surface area contributed by atoms with Gasteiger partial charge < -0.3 is 9.47 Å².